The van der Waals surface area contributed by atoms with Gasteiger partial charge in [0.2, 0.25) is 0 Å². The zero-order valence-corrected chi connectivity index (χ0v) is 11.4. The maximum absolute atomic E-state index is 12.3. The fourth-order valence-corrected chi connectivity index (χ4v) is 1.62. The highest BCUT2D eigenvalue weighted by atomic mass is 19.1. The molecule has 6 nitrogen and oxygen atoms in total. The van der Waals surface area contributed by atoms with E-state index in [9.17, 15) is 14.0 Å². The van der Waals surface area contributed by atoms with Gasteiger partial charge < -0.3 is 20.4 Å². The molecule has 2 aromatic rings. The number of rotatable bonds is 2. The smallest absolute Gasteiger partial charge is 0.339 e. The topological polar surface area (TPSA) is 115 Å². The molecule has 22 heavy (non-hydrogen) atoms. The van der Waals surface area contributed by atoms with Crippen LogP contribution in [0.15, 0.2) is 36.4 Å². The minimum absolute atomic E-state index is 0.0208. The van der Waals surface area contributed by atoms with Gasteiger partial charge in [-0.3, -0.25) is 0 Å². The average molecular weight is 308 g/mol. The quantitative estimate of drug-likeness (QED) is 0.678. The molecule has 0 aliphatic heterocycles. The molecular weight excluding hydrogens is 295 g/mol. The maximum atomic E-state index is 12.3. The van der Waals surface area contributed by atoms with Crippen LogP contribution in [0, 0.1) is 12.7 Å². The summed E-state index contributed by atoms with van der Waals surface area (Å²) in [6.45, 7) is 1.64. The Morgan fingerprint density at radius 2 is 1.59 bits per heavy atom. The molecule has 7 heteroatoms. The molecule has 2 rings (SSSR count). The summed E-state index contributed by atoms with van der Waals surface area (Å²) in [6, 6.07) is 7.34. The summed E-state index contributed by atoms with van der Waals surface area (Å²) in [7, 11) is 0. The Morgan fingerprint density at radius 1 is 0.955 bits per heavy atom. The number of aromatic hydroxyl groups is 2. The number of carbonyl (C=O) groups is 2. The van der Waals surface area contributed by atoms with E-state index in [-0.39, 0.29) is 16.9 Å². The molecule has 0 unspecified atom stereocenters. The van der Waals surface area contributed by atoms with Gasteiger partial charge in [-0.05, 0) is 30.7 Å². The highest BCUT2D eigenvalue weighted by Crippen LogP contribution is 2.19. The van der Waals surface area contributed by atoms with E-state index in [1.807, 2.05) is 0 Å². The predicted molar refractivity (Wildman–Crippen MR) is 74.8 cm³/mol. The Labute approximate surface area is 124 Å². The van der Waals surface area contributed by atoms with Crippen molar-refractivity contribution in [3.8, 4) is 11.5 Å². The molecule has 0 saturated carbocycles. The van der Waals surface area contributed by atoms with Crippen LogP contribution in [0.1, 0.15) is 26.3 Å². The van der Waals surface area contributed by atoms with E-state index in [0.29, 0.717) is 5.56 Å². The number of halogens is 1. The summed E-state index contributed by atoms with van der Waals surface area (Å²) < 4.78 is 12.3. The molecule has 0 radical (unpaired) electrons. The minimum atomic E-state index is -1.28. The molecule has 0 saturated heterocycles. The third-order valence-electron chi connectivity index (χ3n) is 2.65. The van der Waals surface area contributed by atoms with E-state index in [4.69, 9.17) is 20.4 Å². The highest BCUT2D eigenvalue weighted by Gasteiger charge is 2.11. The second kappa shape index (κ2) is 7.07. The van der Waals surface area contributed by atoms with Crippen LogP contribution in [0.25, 0.3) is 0 Å². The highest BCUT2D eigenvalue weighted by molar-refractivity contribution is 5.92. The Balaban J connectivity index is 0.000000220. The Kier molecular flexibility index (Phi) is 5.45. The van der Waals surface area contributed by atoms with Crippen LogP contribution >= 0.6 is 0 Å². The van der Waals surface area contributed by atoms with Crippen molar-refractivity contribution >= 4 is 11.9 Å². The molecule has 0 spiro atoms. The Bertz CT molecular complexity index is 691. The molecule has 116 valence electrons. The van der Waals surface area contributed by atoms with Crippen molar-refractivity contribution < 1.29 is 34.4 Å². The van der Waals surface area contributed by atoms with Gasteiger partial charge >= 0.3 is 11.9 Å². The number of hydrogen-bond acceptors (Lipinski definition) is 4. The number of carboxylic acid groups (broad SMARTS) is 2. The fourth-order valence-electron chi connectivity index (χ4n) is 1.62. The first-order valence-electron chi connectivity index (χ1n) is 5.97. The third-order valence-corrected chi connectivity index (χ3v) is 2.65. The molecule has 4 N–H and O–H groups in total. The van der Waals surface area contributed by atoms with Gasteiger partial charge in [0.1, 0.15) is 28.4 Å². The van der Waals surface area contributed by atoms with Gasteiger partial charge in [-0.15, -0.1) is 0 Å². The number of carboxylic acids is 2. The van der Waals surface area contributed by atoms with Crippen LogP contribution < -0.4 is 0 Å². The normalized spacial score (nSPS) is 9.55. The van der Waals surface area contributed by atoms with E-state index in [1.165, 1.54) is 6.07 Å². The molecule has 0 atom stereocenters. The third kappa shape index (κ3) is 4.20. The van der Waals surface area contributed by atoms with Crippen molar-refractivity contribution in [2.45, 2.75) is 6.92 Å². The van der Waals surface area contributed by atoms with E-state index < -0.39 is 23.5 Å². The van der Waals surface area contributed by atoms with Crippen LogP contribution in [-0.4, -0.2) is 32.4 Å². The lowest BCUT2D eigenvalue weighted by Crippen LogP contribution is -1.99. The molecule has 2 aromatic carbocycles. The van der Waals surface area contributed by atoms with Gasteiger partial charge in [0.05, 0.1) is 0 Å². The molecule has 0 heterocycles. The molecule has 0 fully saturated rings. The summed E-state index contributed by atoms with van der Waals surface area (Å²) in [5, 5.41) is 34.9. The SMILES string of the molecule is Cc1cccc(O)c1C(=O)O.O=C(O)c1ccc(F)cc1O. The molecule has 0 aliphatic rings. The maximum Gasteiger partial charge on any atom is 0.339 e. The van der Waals surface area contributed by atoms with E-state index >= 15 is 0 Å². The second-order valence-corrected chi connectivity index (χ2v) is 4.24. The minimum Gasteiger partial charge on any atom is -0.507 e. The molecule has 0 amide bonds. The van der Waals surface area contributed by atoms with Gasteiger partial charge in [-0.2, -0.15) is 0 Å². The second-order valence-electron chi connectivity index (χ2n) is 4.24. The first-order valence-corrected chi connectivity index (χ1v) is 5.97. The van der Waals surface area contributed by atoms with Crippen LogP contribution in [0.4, 0.5) is 4.39 Å². The van der Waals surface area contributed by atoms with Crippen LogP contribution in [0.3, 0.4) is 0 Å². The van der Waals surface area contributed by atoms with Crippen molar-refractivity contribution in [1.82, 2.24) is 0 Å². The van der Waals surface area contributed by atoms with Crippen molar-refractivity contribution in [2.24, 2.45) is 0 Å². The van der Waals surface area contributed by atoms with Crippen LogP contribution in [-0.2, 0) is 0 Å². The largest absolute Gasteiger partial charge is 0.507 e. The van der Waals surface area contributed by atoms with Crippen LogP contribution in [0.2, 0.25) is 0 Å². The zero-order chi connectivity index (χ0) is 16.9. The van der Waals surface area contributed by atoms with Crippen LogP contribution in [0.5, 0.6) is 11.5 Å². The molecule has 0 bridgehead atoms. The molecule has 0 aliphatic carbocycles. The summed E-state index contributed by atoms with van der Waals surface area (Å²) in [5.41, 5.74) is 0.247. The molecule has 0 aromatic heterocycles. The average Bonchev–Trinajstić information content (AvgIpc) is 2.38. The summed E-state index contributed by atoms with van der Waals surface area (Å²) >= 11 is 0. The zero-order valence-electron chi connectivity index (χ0n) is 11.4. The lowest BCUT2D eigenvalue weighted by atomic mass is 10.1. The lowest BCUT2D eigenvalue weighted by Gasteiger charge is -2.01. The number of hydrogen-bond donors (Lipinski definition) is 4. The van der Waals surface area contributed by atoms with Gasteiger partial charge in [-0.25, -0.2) is 14.0 Å². The monoisotopic (exact) mass is 308 g/mol. The van der Waals surface area contributed by atoms with Crippen molar-refractivity contribution in [1.29, 1.82) is 0 Å². The van der Waals surface area contributed by atoms with Crippen molar-refractivity contribution in [3.05, 3.63) is 58.9 Å². The Hall–Kier alpha value is -3.09. The number of aromatic carboxylic acids is 2. The number of benzene rings is 2. The first-order chi connectivity index (χ1) is 10.2. The van der Waals surface area contributed by atoms with E-state index in [2.05, 4.69) is 0 Å². The lowest BCUT2D eigenvalue weighted by molar-refractivity contribution is 0.0681. The van der Waals surface area contributed by atoms with Gasteiger partial charge in [-0.1, -0.05) is 12.1 Å². The summed E-state index contributed by atoms with van der Waals surface area (Å²) in [4.78, 5) is 20.7. The Morgan fingerprint density at radius 3 is 2.00 bits per heavy atom. The van der Waals surface area contributed by atoms with Gasteiger partial charge in [0.25, 0.3) is 0 Å². The van der Waals surface area contributed by atoms with E-state index in [1.54, 1.807) is 19.1 Å². The number of aryl methyl sites for hydroxylation is 1. The summed E-state index contributed by atoms with van der Waals surface area (Å²) in [6.07, 6.45) is 0. The van der Waals surface area contributed by atoms with E-state index in [0.717, 1.165) is 18.2 Å². The fraction of sp³-hybridized carbons (Fsp3) is 0.0667. The van der Waals surface area contributed by atoms with Gasteiger partial charge in [0, 0.05) is 6.07 Å². The van der Waals surface area contributed by atoms with Crippen molar-refractivity contribution in [3.63, 3.8) is 0 Å². The summed E-state index contributed by atoms with van der Waals surface area (Å²) in [5.74, 6) is -3.77. The number of phenols is 2. The van der Waals surface area contributed by atoms with Crippen molar-refractivity contribution in [2.75, 3.05) is 0 Å². The van der Waals surface area contributed by atoms with Gasteiger partial charge in [0.15, 0.2) is 0 Å². The predicted octanol–water partition coefficient (Wildman–Crippen LogP) is 2.63. The standard InChI is InChI=1S/C8H8O3.C7H5FO3/c1-5-3-2-4-6(9)7(5)8(10)11;8-4-1-2-5(7(10)11)6(9)3-4/h2-4,9H,1H3,(H,10,11);1-3,9H,(H,10,11). The molecular formula is C15H13FO6. The first kappa shape index (κ1) is 17.0.